The molecule has 2 aromatic carbocycles. The summed E-state index contributed by atoms with van der Waals surface area (Å²) in [6, 6.07) is 16.3. The Morgan fingerprint density at radius 1 is 0.944 bits per heavy atom. The van der Waals surface area contributed by atoms with Crippen molar-refractivity contribution in [2.24, 2.45) is 0 Å². The maximum atomic E-state index is 10.6. The molecule has 0 aliphatic carbocycles. The van der Waals surface area contributed by atoms with Gasteiger partial charge >= 0.3 is 5.97 Å². The summed E-state index contributed by atoms with van der Waals surface area (Å²) in [5.74, 6) is -0.855. The molecule has 1 atom stereocenters. The second kappa shape index (κ2) is 5.47. The van der Waals surface area contributed by atoms with Crippen LogP contribution in [0.15, 0.2) is 54.6 Å². The van der Waals surface area contributed by atoms with Gasteiger partial charge in [0.1, 0.15) is 6.10 Å². The quantitative estimate of drug-likeness (QED) is 0.865. The molecule has 0 fully saturated rings. The first-order chi connectivity index (χ1) is 8.66. The zero-order valence-electron chi connectivity index (χ0n) is 9.78. The number of aliphatic carboxylic acids is 1. The lowest BCUT2D eigenvalue weighted by atomic mass is 10.00. The largest absolute Gasteiger partial charge is 0.481 e. The molecule has 0 aliphatic heterocycles. The number of aliphatic hydroxyl groups is 1. The highest BCUT2D eigenvalue weighted by Crippen LogP contribution is 2.21. The van der Waals surface area contributed by atoms with Crippen molar-refractivity contribution < 1.29 is 15.0 Å². The summed E-state index contributed by atoms with van der Waals surface area (Å²) < 4.78 is 0. The van der Waals surface area contributed by atoms with Gasteiger partial charge in [0.2, 0.25) is 0 Å². The lowest BCUT2D eigenvalue weighted by Gasteiger charge is -2.11. The van der Waals surface area contributed by atoms with E-state index in [1.165, 1.54) is 0 Å². The van der Waals surface area contributed by atoms with Crippen molar-refractivity contribution in [3.63, 3.8) is 0 Å². The van der Waals surface area contributed by atoms with E-state index in [4.69, 9.17) is 5.11 Å². The standard InChI is InChI=1S/C15H14O3/c16-14(17)10-11-6-8-13(9-7-11)15(18)12-4-2-1-3-5-12/h1-9,15,18H,10H2,(H,16,17). The van der Waals surface area contributed by atoms with E-state index in [0.717, 1.165) is 16.7 Å². The maximum Gasteiger partial charge on any atom is 0.307 e. The molecular formula is C15H14O3. The van der Waals surface area contributed by atoms with Gasteiger partial charge in [-0.1, -0.05) is 54.6 Å². The number of rotatable bonds is 4. The third kappa shape index (κ3) is 2.96. The van der Waals surface area contributed by atoms with Crippen molar-refractivity contribution in [2.45, 2.75) is 12.5 Å². The first-order valence-corrected chi connectivity index (χ1v) is 5.70. The number of carboxylic acids is 1. The summed E-state index contributed by atoms with van der Waals surface area (Å²) in [7, 11) is 0. The predicted molar refractivity (Wildman–Crippen MR) is 68.3 cm³/mol. The van der Waals surface area contributed by atoms with Crippen LogP contribution in [0, 0.1) is 0 Å². The van der Waals surface area contributed by atoms with Crippen LogP contribution < -0.4 is 0 Å². The summed E-state index contributed by atoms with van der Waals surface area (Å²) >= 11 is 0. The number of carbonyl (C=O) groups is 1. The Morgan fingerprint density at radius 2 is 1.50 bits per heavy atom. The number of carboxylic acid groups (broad SMARTS) is 1. The third-order valence-corrected chi connectivity index (χ3v) is 2.77. The SMILES string of the molecule is O=C(O)Cc1ccc(C(O)c2ccccc2)cc1. The van der Waals surface area contributed by atoms with Crippen LogP contribution in [0.5, 0.6) is 0 Å². The fraction of sp³-hybridized carbons (Fsp3) is 0.133. The van der Waals surface area contributed by atoms with Gasteiger partial charge in [-0.2, -0.15) is 0 Å². The average Bonchev–Trinajstić information content (AvgIpc) is 2.39. The number of benzene rings is 2. The van der Waals surface area contributed by atoms with E-state index in [-0.39, 0.29) is 6.42 Å². The molecule has 3 heteroatoms. The Balaban J connectivity index is 2.17. The van der Waals surface area contributed by atoms with Crippen LogP contribution in [0.1, 0.15) is 22.8 Å². The molecule has 0 saturated carbocycles. The molecule has 0 spiro atoms. The van der Waals surface area contributed by atoms with Crippen LogP contribution in [0.3, 0.4) is 0 Å². The molecule has 2 aromatic rings. The highest BCUT2D eigenvalue weighted by molar-refractivity contribution is 5.70. The van der Waals surface area contributed by atoms with Gasteiger partial charge in [0, 0.05) is 0 Å². The van der Waals surface area contributed by atoms with Crippen molar-refractivity contribution in [1.29, 1.82) is 0 Å². The van der Waals surface area contributed by atoms with Crippen molar-refractivity contribution >= 4 is 5.97 Å². The molecule has 0 amide bonds. The first kappa shape index (κ1) is 12.3. The lowest BCUT2D eigenvalue weighted by Crippen LogP contribution is -2.02. The highest BCUT2D eigenvalue weighted by Gasteiger charge is 2.09. The van der Waals surface area contributed by atoms with E-state index in [1.54, 1.807) is 24.3 Å². The van der Waals surface area contributed by atoms with Crippen molar-refractivity contribution in [3.05, 3.63) is 71.3 Å². The van der Waals surface area contributed by atoms with E-state index in [2.05, 4.69) is 0 Å². The van der Waals surface area contributed by atoms with E-state index in [0.29, 0.717) is 0 Å². The minimum atomic E-state index is -0.855. The average molecular weight is 242 g/mol. The van der Waals surface area contributed by atoms with Gasteiger partial charge in [0.15, 0.2) is 0 Å². The van der Waals surface area contributed by atoms with Crippen LogP contribution in [-0.4, -0.2) is 16.2 Å². The van der Waals surface area contributed by atoms with Gasteiger partial charge in [-0.05, 0) is 16.7 Å². The fourth-order valence-electron chi connectivity index (χ4n) is 1.82. The minimum absolute atomic E-state index is 0.00170. The monoisotopic (exact) mass is 242 g/mol. The second-order valence-corrected chi connectivity index (χ2v) is 4.13. The van der Waals surface area contributed by atoms with E-state index < -0.39 is 12.1 Å². The summed E-state index contributed by atoms with van der Waals surface area (Å²) in [4.78, 5) is 10.6. The maximum absolute atomic E-state index is 10.6. The Labute approximate surface area is 105 Å². The van der Waals surface area contributed by atoms with Gasteiger partial charge in [-0.15, -0.1) is 0 Å². The van der Waals surface area contributed by atoms with Crippen LogP contribution in [-0.2, 0) is 11.2 Å². The molecule has 2 rings (SSSR count). The van der Waals surface area contributed by atoms with E-state index in [1.807, 2.05) is 30.3 Å². The topological polar surface area (TPSA) is 57.5 Å². The third-order valence-electron chi connectivity index (χ3n) is 2.77. The zero-order valence-corrected chi connectivity index (χ0v) is 9.78. The molecule has 0 aromatic heterocycles. The number of hydrogen-bond acceptors (Lipinski definition) is 2. The number of aliphatic hydroxyl groups excluding tert-OH is 1. The Morgan fingerprint density at radius 3 is 2.06 bits per heavy atom. The summed E-state index contributed by atoms with van der Waals surface area (Å²) in [6.07, 6.45) is -0.674. The van der Waals surface area contributed by atoms with E-state index >= 15 is 0 Å². The highest BCUT2D eigenvalue weighted by atomic mass is 16.4. The first-order valence-electron chi connectivity index (χ1n) is 5.70. The van der Waals surface area contributed by atoms with Crippen LogP contribution in [0.25, 0.3) is 0 Å². The molecule has 0 radical (unpaired) electrons. The van der Waals surface area contributed by atoms with Gasteiger partial charge in [-0.3, -0.25) is 4.79 Å². The Kier molecular flexibility index (Phi) is 3.75. The van der Waals surface area contributed by atoms with Gasteiger partial charge in [-0.25, -0.2) is 0 Å². The van der Waals surface area contributed by atoms with Gasteiger partial charge in [0.05, 0.1) is 6.42 Å². The smallest absolute Gasteiger partial charge is 0.307 e. The van der Waals surface area contributed by atoms with Gasteiger partial charge in [0.25, 0.3) is 0 Å². The second-order valence-electron chi connectivity index (χ2n) is 4.13. The molecular weight excluding hydrogens is 228 g/mol. The molecule has 18 heavy (non-hydrogen) atoms. The summed E-state index contributed by atoms with van der Waals surface area (Å²) in [5.41, 5.74) is 2.31. The van der Waals surface area contributed by atoms with Gasteiger partial charge < -0.3 is 10.2 Å². The molecule has 2 N–H and O–H groups in total. The van der Waals surface area contributed by atoms with Crippen molar-refractivity contribution in [3.8, 4) is 0 Å². The predicted octanol–water partition coefficient (Wildman–Crippen LogP) is 2.40. The zero-order chi connectivity index (χ0) is 13.0. The normalized spacial score (nSPS) is 12.1. The molecule has 0 aliphatic rings. The fourth-order valence-corrected chi connectivity index (χ4v) is 1.82. The minimum Gasteiger partial charge on any atom is -0.481 e. The lowest BCUT2D eigenvalue weighted by molar-refractivity contribution is -0.136. The number of hydrogen-bond donors (Lipinski definition) is 2. The molecule has 0 bridgehead atoms. The summed E-state index contributed by atoms with van der Waals surface area (Å²) in [5, 5.41) is 18.8. The molecule has 0 heterocycles. The van der Waals surface area contributed by atoms with Crippen LogP contribution in [0.2, 0.25) is 0 Å². The van der Waals surface area contributed by atoms with Crippen LogP contribution >= 0.6 is 0 Å². The summed E-state index contributed by atoms with van der Waals surface area (Å²) in [6.45, 7) is 0. The van der Waals surface area contributed by atoms with E-state index in [9.17, 15) is 9.90 Å². The molecule has 0 saturated heterocycles. The van der Waals surface area contributed by atoms with Crippen molar-refractivity contribution in [2.75, 3.05) is 0 Å². The molecule has 92 valence electrons. The van der Waals surface area contributed by atoms with Crippen molar-refractivity contribution in [1.82, 2.24) is 0 Å². The Hall–Kier alpha value is -2.13. The molecule has 3 nitrogen and oxygen atoms in total. The Bertz CT molecular complexity index is 517. The van der Waals surface area contributed by atoms with Crippen LogP contribution in [0.4, 0.5) is 0 Å². The molecule has 1 unspecified atom stereocenters.